The summed E-state index contributed by atoms with van der Waals surface area (Å²) in [6.07, 6.45) is 4.27. The lowest BCUT2D eigenvalue weighted by Crippen LogP contribution is -2.11. The van der Waals surface area contributed by atoms with Gasteiger partial charge in [0.1, 0.15) is 16.5 Å². The average Bonchev–Trinajstić information content (AvgIpc) is 3.29. The third kappa shape index (κ3) is 3.11. The first-order valence-corrected chi connectivity index (χ1v) is 8.50. The number of pyridine rings is 1. The van der Waals surface area contributed by atoms with Crippen molar-refractivity contribution in [3.8, 4) is 0 Å². The van der Waals surface area contributed by atoms with Crippen LogP contribution in [-0.4, -0.2) is 26.1 Å². The van der Waals surface area contributed by atoms with Crippen molar-refractivity contribution in [1.82, 2.24) is 20.2 Å². The Labute approximate surface area is 151 Å². The molecule has 0 unspecified atom stereocenters. The lowest BCUT2D eigenvalue weighted by Gasteiger charge is -2.08. The molecule has 0 saturated carbocycles. The second kappa shape index (κ2) is 6.52. The van der Waals surface area contributed by atoms with E-state index in [4.69, 9.17) is 0 Å². The van der Waals surface area contributed by atoms with Crippen molar-refractivity contribution < 1.29 is 9.18 Å². The summed E-state index contributed by atoms with van der Waals surface area (Å²) in [6.45, 7) is 1.92. The molecule has 130 valence electrons. The SMILES string of the molecule is Cc1ccc2[nH]ncc2c1NC(=O)c1cnc(Nc2ccc(F)cn2)s1. The van der Waals surface area contributed by atoms with E-state index in [0.29, 0.717) is 21.5 Å². The number of nitrogens with one attached hydrogen (secondary N) is 3. The van der Waals surface area contributed by atoms with Crippen LogP contribution in [0.1, 0.15) is 15.2 Å². The monoisotopic (exact) mass is 368 g/mol. The molecule has 4 rings (SSSR count). The molecule has 26 heavy (non-hydrogen) atoms. The van der Waals surface area contributed by atoms with E-state index in [1.54, 1.807) is 6.20 Å². The van der Waals surface area contributed by atoms with Gasteiger partial charge in [-0.25, -0.2) is 14.4 Å². The van der Waals surface area contributed by atoms with Gasteiger partial charge in [-0.15, -0.1) is 0 Å². The molecule has 0 fully saturated rings. The lowest BCUT2D eigenvalue weighted by atomic mass is 10.1. The number of nitrogens with zero attached hydrogens (tertiary/aromatic N) is 3. The van der Waals surface area contributed by atoms with E-state index in [2.05, 4.69) is 30.8 Å². The minimum atomic E-state index is -0.418. The highest BCUT2D eigenvalue weighted by molar-refractivity contribution is 7.17. The smallest absolute Gasteiger partial charge is 0.267 e. The largest absolute Gasteiger partial charge is 0.320 e. The standard InChI is InChI=1S/C17H13FN6OS/c1-9-2-4-12-11(7-21-24-12)15(9)23-16(25)13-8-20-17(26-13)22-14-5-3-10(18)6-19-14/h2-8H,1H3,(H,21,24)(H,23,25)(H,19,20,22). The summed E-state index contributed by atoms with van der Waals surface area (Å²) in [7, 11) is 0. The van der Waals surface area contributed by atoms with Crippen LogP contribution in [0.2, 0.25) is 0 Å². The number of amides is 1. The summed E-state index contributed by atoms with van der Waals surface area (Å²) in [5.41, 5.74) is 2.50. The van der Waals surface area contributed by atoms with Crippen LogP contribution in [0.4, 0.5) is 21.0 Å². The molecule has 0 saturated heterocycles. The first kappa shape index (κ1) is 16.2. The molecule has 0 spiro atoms. The summed E-state index contributed by atoms with van der Waals surface area (Å²) in [5, 5.41) is 14.1. The molecule has 3 N–H and O–H groups in total. The zero-order valence-electron chi connectivity index (χ0n) is 13.6. The molecule has 0 aliphatic carbocycles. The summed E-state index contributed by atoms with van der Waals surface area (Å²) in [5.74, 6) is -0.232. The molecule has 0 bridgehead atoms. The van der Waals surface area contributed by atoms with Crippen molar-refractivity contribution in [3.63, 3.8) is 0 Å². The van der Waals surface area contributed by atoms with Crippen molar-refractivity contribution >= 4 is 44.8 Å². The fraction of sp³-hybridized carbons (Fsp3) is 0.0588. The van der Waals surface area contributed by atoms with E-state index < -0.39 is 5.82 Å². The maximum Gasteiger partial charge on any atom is 0.267 e. The fourth-order valence-corrected chi connectivity index (χ4v) is 3.18. The molecule has 0 atom stereocenters. The van der Waals surface area contributed by atoms with E-state index in [-0.39, 0.29) is 5.91 Å². The summed E-state index contributed by atoms with van der Waals surface area (Å²) in [6, 6.07) is 6.62. The maximum absolute atomic E-state index is 12.9. The molecule has 3 aromatic heterocycles. The minimum Gasteiger partial charge on any atom is -0.320 e. The Hall–Kier alpha value is -3.33. The van der Waals surface area contributed by atoms with Crippen LogP contribution in [0, 0.1) is 12.7 Å². The Morgan fingerprint density at radius 2 is 2.04 bits per heavy atom. The Balaban J connectivity index is 1.53. The van der Waals surface area contributed by atoms with Crippen molar-refractivity contribution in [2.45, 2.75) is 6.92 Å². The van der Waals surface area contributed by atoms with E-state index in [9.17, 15) is 9.18 Å². The first-order valence-electron chi connectivity index (χ1n) is 7.68. The number of hydrogen-bond donors (Lipinski definition) is 3. The van der Waals surface area contributed by atoms with Gasteiger partial charge in [0, 0.05) is 5.39 Å². The molecule has 0 aliphatic rings. The number of H-pyrrole nitrogens is 1. The van der Waals surface area contributed by atoms with Crippen LogP contribution in [0.15, 0.2) is 42.9 Å². The van der Waals surface area contributed by atoms with Gasteiger partial charge in [-0.05, 0) is 30.7 Å². The van der Waals surface area contributed by atoms with Crippen molar-refractivity contribution in [2.75, 3.05) is 10.6 Å². The lowest BCUT2D eigenvalue weighted by molar-refractivity contribution is 0.103. The van der Waals surface area contributed by atoms with E-state index >= 15 is 0 Å². The molecule has 3 heterocycles. The highest BCUT2D eigenvalue weighted by atomic mass is 32.1. The minimum absolute atomic E-state index is 0.264. The van der Waals surface area contributed by atoms with Gasteiger partial charge < -0.3 is 10.6 Å². The van der Waals surface area contributed by atoms with E-state index in [1.165, 1.54) is 29.7 Å². The quantitative estimate of drug-likeness (QED) is 0.508. The van der Waals surface area contributed by atoms with Crippen LogP contribution in [0.25, 0.3) is 10.9 Å². The molecule has 7 nitrogen and oxygen atoms in total. The number of thiazole rings is 1. The van der Waals surface area contributed by atoms with Crippen molar-refractivity contribution in [1.29, 1.82) is 0 Å². The number of halogens is 1. The summed E-state index contributed by atoms with van der Waals surface area (Å²) < 4.78 is 12.9. The number of hydrogen-bond acceptors (Lipinski definition) is 6. The van der Waals surface area contributed by atoms with Crippen LogP contribution in [-0.2, 0) is 0 Å². The topological polar surface area (TPSA) is 95.6 Å². The van der Waals surface area contributed by atoms with Gasteiger partial charge in [-0.2, -0.15) is 5.10 Å². The van der Waals surface area contributed by atoms with Crippen LogP contribution in [0.3, 0.4) is 0 Å². The van der Waals surface area contributed by atoms with Crippen LogP contribution >= 0.6 is 11.3 Å². The first-order chi connectivity index (χ1) is 12.6. The van der Waals surface area contributed by atoms with Crippen molar-refractivity contribution in [2.24, 2.45) is 0 Å². The highest BCUT2D eigenvalue weighted by Gasteiger charge is 2.15. The molecule has 0 radical (unpaired) electrons. The summed E-state index contributed by atoms with van der Waals surface area (Å²) in [4.78, 5) is 21.1. The molecule has 1 aromatic carbocycles. The number of benzene rings is 1. The van der Waals surface area contributed by atoms with Gasteiger partial charge in [-0.3, -0.25) is 9.89 Å². The normalized spacial score (nSPS) is 10.8. The Bertz CT molecular complexity index is 1090. The Morgan fingerprint density at radius 3 is 2.85 bits per heavy atom. The van der Waals surface area contributed by atoms with Gasteiger partial charge in [0.05, 0.1) is 29.8 Å². The van der Waals surface area contributed by atoms with E-state index in [0.717, 1.165) is 22.7 Å². The number of anilines is 3. The molecule has 4 aromatic rings. The number of carbonyl (C=O) groups is 1. The predicted octanol–water partition coefficient (Wildman–Crippen LogP) is 3.86. The third-order valence-electron chi connectivity index (χ3n) is 3.76. The number of rotatable bonds is 4. The fourth-order valence-electron chi connectivity index (χ4n) is 2.46. The second-order valence-electron chi connectivity index (χ2n) is 5.56. The van der Waals surface area contributed by atoms with E-state index in [1.807, 2.05) is 19.1 Å². The molecular weight excluding hydrogens is 355 g/mol. The molecule has 9 heteroatoms. The number of aromatic amines is 1. The zero-order valence-corrected chi connectivity index (χ0v) is 14.4. The highest BCUT2D eigenvalue weighted by Crippen LogP contribution is 2.28. The third-order valence-corrected chi connectivity index (χ3v) is 4.67. The number of aromatic nitrogens is 4. The van der Waals surface area contributed by atoms with Crippen LogP contribution in [0.5, 0.6) is 0 Å². The molecular formula is C17H13FN6OS. The number of carbonyl (C=O) groups excluding carboxylic acids is 1. The van der Waals surface area contributed by atoms with Gasteiger partial charge >= 0.3 is 0 Å². The van der Waals surface area contributed by atoms with Crippen LogP contribution < -0.4 is 10.6 Å². The molecule has 0 aliphatic heterocycles. The van der Waals surface area contributed by atoms with Gasteiger partial charge in [-0.1, -0.05) is 17.4 Å². The average molecular weight is 368 g/mol. The Morgan fingerprint density at radius 1 is 1.15 bits per heavy atom. The number of aryl methyl sites for hydroxylation is 1. The van der Waals surface area contributed by atoms with Gasteiger partial charge in [0.25, 0.3) is 5.91 Å². The van der Waals surface area contributed by atoms with Gasteiger partial charge in [0.15, 0.2) is 5.13 Å². The second-order valence-corrected chi connectivity index (χ2v) is 6.59. The zero-order chi connectivity index (χ0) is 18.1. The maximum atomic E-state index is 12.9. The number of fused-ring (bicyclic) bond motifs is 1. The Kier molecular flexibility index (Phi) is 4.05. The van der Waals surface area contributed by atoms with Crippen molar-refractivity contribution in [3.05, 3.63) is 59.1 Å². The summed E-state index contributed by atoms with van der Waals surface area (Å²) >= 11 is 1.18. The molecule has 1 amide bonds. The predicted molar refractivity (Wildman–Crippen MR) is 98.4 cm³/mol. The van der Waals surface area contributed by atoms with Gasteiger partial charge in [0.2, 0.25) is 0 Å².